The van der Waals surface area contributed by atoms with E-state index >= 15 is 0 Å². The molecule has 0 atom stereocenters. The van der Waals surface area contributed by atoms with Crippen LogP contribution >= 0.6 is 39.1 Å². The molecule has 0 unspecified atom stereocenters. The summed E-state index contributed by atoms with van der Waals surface area (Å²) in [7, 11) is 0. The molecule has 142 valence electrons. The number of halogens is 3. The number of phenols is 1. The van der Waals surface area contributed by atoms with Crippen LogP contribution in [-0.4, -0.2) is 17.3 Å². The largest absolute Gasteiger partial charge is 0.504 e. The van der Waals surface area contributed by atoms with Crippen LogP contribution in [0.25, 0.3) is 0 Å². The summed E-state index contributed by atoms with van der Waals surface area (Å²) in [5, 5.41) is 11.4. The van der Waals surface area contributed by atoms with E-state index in [0.29, 0.717) is 31.3 Å². The monoisotopic (exact) mass is 477 g/mol. The van der Waals surface area contributed by atoms with Gasteiger partial charge in [0.2, 0.25) is 0 Å². The van der Waals surface area contributed by atoms with Gasteiger partial charge in [0.15, 0.2) is 11.5 Å². The molecule has 3 aromatic rings. The summed E-state index contributed by atoms with van der Waals surface area (Å²) < 4.78 is 5.99. The fourth-order valence-electron chi connectivity index (χ4n) is 2.46. The number of benzene rings is 3. The van der Waals surface area contributed by atoms with E-state index in [9.17, 15) is 9.90 Å². The minimum atomic E-state index is -0.568. The van der Waals surface area contributed by atoms with Gasteiger partial charge in [-0.25, -0.2) is 4.79 Å². The van der Waals surface area contributed by atoms with Crippen LogP contribution in [0.2, 0.25) is 10.0 Å². The topological polar surface area (TPSA) is 58.9 Å². The molecule has 0 spiro atoms. The molecule has 0 heterocycles. The van der Waals surface area contributed by atoms with Crippen molar-refractivity contribution in [2.75, 3.05) is 0 Å². The summed E-state index contributed by atoms with van der Waals surface area (Å²) in [4.78, 5) is 16.7. The van der Waals surface area contributed by atoms with E-state index in [4.69, 9.17) is 27.9 Å². The smallest absolute Gasteiger partial charge is 0.343 e. The van der Waals surface area contributed by atoms with Gasteiger partial charge in [0.05, 0.1) is 11.3 Å². The first-order valence-electron chi connectivity index (χ1n) is 8.13. The van der Waals surface area contributed by atoms with Crippen molar-refractivity contribution < 1.29 is 14.6 Å². The Hall–Kier alpha value is -2.34. The first-order valence-corrected chi connectivity index (χ1v) is 9.68. The molecule has 4 nitrogen and oxygen atoms in total. The van der Waals surface area contributed by atoms with Crippen molar-refractivity contribution in [1.29, 1.82) is 0 Å². The molecule has 0 fully saturated rings. The standard InChI is InChI=1S/C21H14BrCl2NO3/c1-12-3-2-4-13(5-12)21(27)28-19-7-15(22)6-14(20(19)26)11-25-18-9-16(23)8-17(24)10-18/h2-11,26H,1H3. The number of carbonyl (C=O) groups excluding carboxylic acids is 1. The molecule has 3 aromatic carbocycles. The SMILES string of the molecule is Cc1cccc(C(=O)Oc2cc(Br)cc(C=Nc3cc(Cl)cc(Cl)c3)c2O)c1. The van der Waals surface area contributed by atoms with Crippen LogP contribution in [0.3, 0.4) is 0 Å². The van der Waals surface area contributed by atoms with Crippen LogP contribution in [0.5, 0.6) is 11.5 Å². The molecule has 7 heteroatoms. The average Bonchev–Trinajstić information content (AvgIpc) is 2.62. The summed E-state index contributed by atoms with van der Waals surface area (Å²) in [5.74, 6) is -0.755. The number of nitrogens with zero attached hydrogens (tertiary/aromatic N) is 1. The molecular formula is C21H14BrCl2NO3. The Labute approximate surface area is 180 Å². The van der Waals surface area contributed by atoms with Crippen molar-refractivity contribution in [2.45, 2.75) is 6.92 Å². The number of rotatable bonds is 4. The quantitative estimate of drug-likeness (QED) is 0.256. The maximum absolute atomic E-state index is 12.4. The van der Waals surface area contributed by atoms with Gasteiger partial charge in [0.25, 0.3) is 0 Å². The lowest BCUT2D eigenvalue weighted by molar-refractivity contribution is 0.0729. The Morgan fingerprint density at radius 2 is 1.82 bits per heavy atom. The van der Waals surface area contributed by atoms with Crippen molar-refractivity contribution in [3.63, 3.8) is 0 Å². The number of hydrogen-bond donors (Lipinski definition) is 1. The second-order valence-corrected chi connectivity index (χ2v) is 7.78. The van der Waals surface area contributed by atoms with Crippen LogP contribution in [0.15, 0.2) is 64.1 Å². The normalized spacial score (nSPS) is 11.0. The molecule has 0 radical (unpaired) electrons. The number of ether oxygens (including phenoxy) is 1. The van der Waals surface area contributed by atoms with Crippen molar-refractivity contribution in [3.8, 4) is 11.5 Å². The third-order valence-corrected chi connectivity index (χ3v) is 4.62. The molecule has 0 aliphatic heterocycles. The van der Waals surface area contributed by atoms with E-state index in [2.05, 4.69) is 20.9 Å². The van der Waals surface area contributed by atoms with E-state index in [0.717, 1.165) is 5.56 Å². The highest BCUT2D eigenvalue weighted by Crippen LogP contribution is 2.34. The number of esters is 1. The lowest BCUT2D eigenvalue weighted by atomic mass is 10.1. The average molecular weight is 479 g/mol. The van der Waals surface area contributed by atoms with Gasteiger partial charge in [-0.15, -0.1) is 0 Å². The Morgan fingerprint density at radius 3 is 2.50 bits per heavy atom. The number of aryl methyl sites for hydroxylation is 1. The molecule has 0 bridgehead atoms. The lowest BCUT2D eigenvalue weighted by Crippen LogP contribution is -2.09. The molecule has 28 heavy (non-hydrogen) atoms. The van der Waals surface area contributed by atoms with Gasteiger partial charge in [-0.2, -0.15) is 0 Å². The van der Waals surface area contributed by atoms with E-state index in [1.807, 2.05) is 13.0 Å². The Bertz CT molecular complexity index is 1060. The van der Waals surface area contributed by atoms with Gasteiger partial charge in [-0.1, -0.05) is 56.8 Å². The van der Waals surface area contributed by atoms with E-state index in [1.54, 1.807) is 42.5 Å². The highest BCUT2D eigenvalue weighted by molar-refractivity contribution is 9.10. The molecular weight excluding hydrogens is 465 g/mol. The summed E-state index contributed by atoms with van der Waals surface area (Å²) >= 11 is 15.3. The maximum Gasteiger partial charge on any atom is 0.343 e. The van der Waals surface area contributed by atoms with Crippen LogP contribution in [-0.2, 0) is 0 Å². The van der Waals surface area contributed by atoms with Gasteiger partial charge >= 0.3 is 5.97 Å². The first kappa shape index (κ1) is 20.4. The number of aliphatic imine (C=N–C) groups is 1. The van der Waals surface area contributed by atoms with Crippen LogP contribution in [0.4, 0.5) is 5.69 Å². The van der Waals surface area contributed by atoms with Crippen molar-refractivity contribution >= 4 is 57.0 Å². The number of hydrogen-bond acceptors (Lipinski definition) is 4. The second kappa shape index (κ2) is 8.78. The van der Waals surface area contributed by atoms with E-state index in [1.165, 1.54) is 12.3 Å². The predicted octanol–water partition coefficient (Wildman–Crippen LogP) is 6.74. The molecule has 3 rings (SSSR count). The van der Waals surface area contributed by atoms with Crippen molar-refractivity contribution in [1.82, 2.24) is 0 Å². The zero-order chi connectivity index (χ0) is 20.3. The fourth-order valence-corrected chi connectivity index (χ4v) is 3.43. The Morgan fingerprint density at radius 1 is 1.11 bits per heavy atom. The zero-order valence-electron chi connectivity index (χ0n) is 14.6. The molecule has 0 aliphatic rings. The van der Waals surface area contributed by atoms with Crippen LogP contribution < -0.4 is 4.74 Å². The highest BCUT2D eigenvalue weighted by Gasteiger charge is 2.15. The Balaban J connectivity index is 1.89. The molecule has 0 amide bonds. The Kier molecular flexibility index (Phi) is 6.39. The summed E-state index contributed by atoms with van der Waals surface area (Å²) in [6.07, 6.45) is 1.44. The number of aromatic hydroxyl groups is 1. The molecule has 0 saturated heterocycles. The van der Waals surface area contributed by atoms with E-state index in [-0.39, 0.29) is 11.5 Å². The molecule has 0 saturated carbocycles. The number of phenolic OH excluding ortho intramolecular Hbond substituents is 1. The van der Waals surface area contributed by atoms with Crippen molar-refractivity contribution in [2.24, 2.45) is 4.99 Å². The third-order valence-electron chi connectivity index (χ3n) is 3.73. The highest BCUT2D eigenvalue weighted by atomic mass is 79.9. The van der Waals surface area contributed by atoms with Gasteiger partial charge in [0, 0.05) is 26.3 Å². The summed E-state index contributed by atoms with van der Waals surface area (Å²) in [5.41, 5.74) is 2.21. The van der Waals surface area contributed by atoms with Crippen LogP contribution in [0, 0.1) is 6.92 Å². The first-order chi connectivity index (χ1) is 13.3. The number of carbonyl (C=O) groups is 1. The van der Waals surface area contributed by atoms with Gasteiger partial charge in [-0.3, -0.25) is 4.99 Å². The zero-order valence-corrected chi connectivity index (χ0v) is 17.7. The summed E-state index contributed by atoms with van der Waals surface area (Å²) in [6.45, 7) is 1.88. The maximum atomic E-state index is 12.4. The molecule has 0 aromatic heterocycles. The predicted molar refractivity (Wildman–Crippen MR) is 116 cm³/mol. The minimum Gasteiger partial charge on any atom is -0.504 e. The van der Waals surface area contributed by atoms with Crippen molar-refractivity contribution in [3.05, 3.63) is 85.8 Å². The summed E-state index contributed by atoms with van der Waals surface area (Å²) in [6, 6.07) is 15.0. The van der Waals surface area contributed by atoms with E-state index < -0.39 is 5.97 Å². The van der Waals surface area contributed by atoms with Gasteiger partial charge in [-0.05, 0) is 49.4 Å². The minimum absolute atomic E-state index is 0.0199. The fraction of sp³-hybridized carbons (Fsp3) is 0.0476. The molecule has 0 aliphatic carbocycles. The second-order valence-electron chi connectivity index (χ2n) is 5.99. The lowest BCUT2D eigenvalue weighted by Gasteiger charge is -2.09. The van der Waals surface area contributed by atoms with Gasteiger partial charge < -0.3 is 9.84 Å². The van der Waals surface area contributed by atoms with Crippen LogP contribution in [0.1, 0.15) is 21.5 Å². The third kappa shape index (κ3) is 5.13. The molecule has 1 N–H and O–H groups in total. The van der Waals surface area contributed by atoms with Gasteiger partial charge in [0.1, 0.15) is 0 Å².